The minimum Gasteiger partial charge on any atom is -0.485 e. The summed E-state index contributed by atoms with van der Waals surface area (Å²) in [6.45, 7) is 6.37. The average molecular weight is 391 g/mol. The molecular formula is C19H25N3O6. The highest BCUT2D eigenvalue weighted by Gasteiger charge is 2.35. The molecule has 2 aliphatic heterocycles. The van der Waals surface area contributed by atoms with Gasteiger partial charge in [-0.2, -0.15) is 0 Å². The fraction of sp³-hybridized carbons (Fsp3) is 0.526. The SMILES string of the molecule is CC(C)(C)OC(=O)N1CC(CC(=O)NNC(=O)[C@@H]2COc3ccccc3O2)C1. The number of amides is 3. The lowest BCUT2D eigenvalue weighted by molar-refractivity contribution is -0.135. The molecule has 2 heterocycles. The van der Waals surface area contributed by atoms with Gasteiger partial charge in [-0.1, -0.05) is 12.1 Å². The molecule has 9 heteroatoms. The second kappa shape index (κ2) is 7.95. The van der Waals surface area contributed by atoms with E-state index in [1.807, 2.05) is 6.07 Å². The Morgan fingerprint density at radius 2 is 1.82 bits per heavy atom. The minimum absolute atomic E-state index is 0.0329. The Hall–Kier alpha value is -2.97. The number of ether oxygens (including phenoxy) is 3. The smallest absolute Gasteiger partial charge is 0.410 e. The van der Waals surface area contributed by atoms with Crippen LogP contribution in [0.2, 0.25) is 0 Å². The number of fused-ring (bicyclic) bond motifs is 1. The van der Waals surface area contributed by atoms with Crippen molar-refractivity contribution in [3.63, 3.8) is 0 Å². The van der Waals surface area contributed by atoms with Crippen LogP contribution >= 0.6 is 0 Å². The first-order valence-corrected chi connectivity index (χ1v) is 9.16. The Kier molecular flexibility index (Phi) is 5.62. The normalized spacial score (nSPS) is 18.7. The molecule has 1 fully saturated rings. The van der Waals surface area contributed by atoms with Crippen LogP contribution in [-0.2, 0) is 14.3 Å². The lowest BCUT2D eigenvalue weighted by Crippen LogP contribution is -2.54. The standard InChI is InChI=1S/C19H25N3O6/c1-19(2,3)28-18(25)22-9-12(10-22)8-16(23)20-21-17(24)15-11-26-13-6-4-5-7-14(13)27-15/h4-7,12,15H,8-11H2,1-3H3,(H,20,23)(H,21,24)/t15-/m0/s1. The molecule has 2 N–H and O–H groups in total. The Labute approximate surface area is 163 Å². The highest BCUT2D eigenvalue weighted by atomic mass is 16.6. The van der Waals surface area contributed by atoms with E-state index in [9.17, 15) is 14.4 Å². The van der Waals surface area contributed by atoms with Crippen LogP contribution in [-0.4, -0.2) is 54.2 Å². The molecule has 28 heavy (non-hydrogen) atoms. The van der Waals surface area contributed by atoms with Crippen molar-refractivity contribution in [2.45, 2.75) is 38.9 Å². The molecule has 1 saturated heterocycles. The van der Waals surface area contributed by atoms with Crippen LogP contribution in [0.25, 0.3) is 0 Å². The van der Waals surface area contributed by atoms with Gasteiger partial charge in [-0.05, 0) is 32.9 Å². The van der Waals surface area contributed by atoms with Gasteiger partial charge in [0.2, 0.25) is 12.0 Å². The van der Waals surface area contributed by atoms with Crippen LogP contribution in [0.3, 0.4) is 0 Å². The molecule has 0 saturated carbocycles. The van der Waals surface area contributed by atoms with Crippen LogP contribution in [0.4, 0.5) is 4.79 Å². The summed E-state index contributed by atoms with van der Waals surface area (Å²) in [5, 5.41) is 0. The zero-order valence-electron chi connectivity index (χ0n) is 16.2. The Bertz CT molecular complexity index is 754. The molecule has 0 unspecified atom stereocenters. The molecule has 0 spiro atoms. The van der Waals surface area contributed by atoms with Crippen LogP contribution < -0.4 is 20.3 Å². The predicted octanol–water partition coefficient (Wildman–Crippen LogP) is 1.23. The van der Waals surface area contributed by atoms with E-state index in [1.165, 1.54) is 0 Å². The molecule has 9 nitrogen and oxygen atoms in total. The number of hydrogen-bond donors (Lipinski definition) is 2. The summed E-state index contributed by atoms with van der Waals surface area (Å²) < 4.78 is 16.3. The van der Waals surface area contributed by atoms with Crippen LogP contribution in [0, 0.1) is 5.92 Å². The predicted molar refractivity (Wildman–Crippen MR) is 98.6 cm³/mol. The Balaban J connectivity index is 1.35. The van der Waals surface area contributed by atoms with Gasteiger partial charge in [0.1, 0.15) is 12.2 Å². The second-order valence-corrected chi connectivity index (χ2v) is 7.86. The topological polar surface area (TPSA) is 106 Å². The highest BCUT2D eigenvalue weighted by Crippen LogP contribution is 2.30. The van der Waals surface area contributed by atoms with Crippen molar-refractivity contribution in [1.29, 1.82) is 0 Å². The van der Waals surface area contributed by atoms with Gasteiger partial charge in [0.05, 0.1) is 0 Å². The fourth-order valence-corrected chi connectivity index (χ4v) is 2.85. The van der Waals surface area contributed by atoms with Crippen molar-refractivity contribution in [2.24, 2.45) is 5.92 Å². The quantitative estimate of drug-likeness (QED) is 0.751. The van der Waals surface area contributed by atoms with Gasteiger partial charge < -0.3 is 19.1 Å². The molecule has 0 bridgehead atoms. The van der Waals surface area contributed by atoms with Crippen molar-refractivity contribution >= 4 is 17.9 Å². The largest absolute Gasteiger partial charge is 0.485 e. The van der Waals surface area contributed by atoms with Crippen LogP contribution in [0.15, 0.2) is 24.3 Å². The molecule has 3 rings (SSSR count). The van der Waals surface area contributed by atoms with E-state index >= 15 is 0 Å². The van der Waals surface area contributed by atoms with Gasteiger partial charge in [-0.25, -0.2) is 4.79 Å². The third kappa shape index (κ3) is 5.05. The summed E-state index contributed by atoms with van der Waals surface area (Å²) in [5.41, 5.74) is 4.18. The first-order valence-electron chi connectivity index (χ1n) is 9.16. The molecule has 0 aromatic heterocycles. The number of carbonyl (C=O) groups is 3. The monoisotopic (exact) mass is 391 g/mol. The summed E-state index contributed by atoms with van der Waals surface area (Å²) in [4.78, 5) is 37.6. The summed E-state index contributed by atoms with van der Waals surface area (Å²) in [7, 11) is 0. The summed E-state index contributed by atoms with van der Waals surface area (Å²) in [5.74, 6) is 0.267. The third-order valence-electron chi connectivity index (χ3n) is 4.21. The van der Waals surface area contributed by atoms with E-state index in [0.29, 0.717) is 24.6 Å². The van der Waals surface area contributed by atoms with E-state index in [2.05, 4.69) is 10.9 Å². The van der Waals surface area contributed by atoms with Gasteiger partial charge in [-0.15, -0.1) is 0 Å². The molecule has 3 amide bonds. The van der Waals surface area contributed by atoms with Gasteiger partial charge in [0.25, 0.3) is 5.91 Å². The maximum atomic E-state index is 12.2. The molecule has 152 valence electrons. The third-order valence-corrected chi connectivity index (χ3v) is 4.21. The van der Waals surface area contributed by atoms with E-state index in [0.717, 1.165) is 0 Å². The molecule has 1 aromatic rings. The Morgan fingerprint density at radius 3 is 2.50 bits per heavy atom. The summed E-state index contributed by atoms with van der Waals surface area (Å²) >= 11 is 0. The highest BCUT2D eigenvalue weighted by molar-refractivity contribution is 5.85. The van der Waals surface area contributed by atoms with Crippen molar-refractivity contribution in [3.05, 3.63) is 24.3 Å². The number of rotatable bonds is 3. The zero-order valence-corrected chi connectivity index (χ0v) is 16.2. The van der Waals surface area contributed by atoms with Crippen molar-refractivity contribution in [3.8, 4) is 11.5 Å². The second-order valence-electron chi connectivity index (χ2n) is 7.86. The number of nitrogens with one attached hydrogen (secondary N) is 2. The number of carbonyl (C=O) groups excluding carboxylic acids is 3. The van der Waals surface area contributed by atoms with Crippen molar-refractivity contribution < 1.29 is 28.6 Å². The van der Waals surface area contributed by atoms with Crippen LogP contribution in [0.1, 0.15) is 27.2 Å². The average Bonchev–Trinajstić information content (AvgIpc) is 2.60. The van der Waals surface area contributed by atoms with Crippen molar-refractivity contribution in [2.75, 3.05) is 19.7 Å². The summed E-state index contributed by atoms with van der Waals surface area (Å²) in [6, 6.07) is 7.06. The van der Waals surface area contributed by atoms with E-state index < -0.39 is 17.6 Å². The van der Waals surface area contributed by atoms with Crippen LogP contribution in [0.5, 0.6) is 11.5 Å². The lowest BCUT2D eigenvalue weighted by Gasteiger charge is -2.39. The lowest BCUT2D eigenvalue weighted by atomic mass is 9.97. The number of para-hydroxylation sites is 2. The summed E-state index contributed by atoms with van der Waals surface area (Å²) in [6.07, 6.45) is -1.03. The van der Waals surface area contributed by atoms with Crippen molar-refractivity contribution in [1.82, 2.24) is 15.8 Å². The first kappa shape index (κ1) is 19.8. The zero-order chi connectivity index (χ0) is 20.3. The maximum Gasteiger partial charge on any atom is 0.410 e. The first-order chi connectivity index (χ1) is 13.2. The number of nitrogens with zero attached hydrogens (tertiary/aromatic N) is 1. The molecule has 0 radical (unpaired) electrons. The number of likely N-dealkylation sites (tertiary alicyclic amines) is 1. The number of benzene rings is 1. The molecule has 1 atom stereocenters. The van der Waals surface area contributed by atoms with E-state index in [4.69, 9.17) is 14.2 Å². The van der Waals surface area contributed by atoms with E-state index in [-0.39, 0.29) is 30.9 Å². The van der Waals surface area contributed by atoms with Gasteiger partial charge in [0, 0.05) is 25.4 Å². The van der Waals surface area contributed by atoms with Gasteiger partial charge in [0.15, 0.2) is 11.5 Å². The number of hydrogen-bond acceptors (Lipinski definition) is 6. The molecule has 1 aromatic carbocycles. The van der Waals surface area contributed by atoms with Gasteiger partial charge in [-0.3, -0.25) is 20.4 Å². The Morgan fingerprint density at radius 1 is 1.14 bits per heavy atom. The van der Waals surface area contributed by atoms with Gasteiger partial charge >= 0.3 is 6.09 Å². The fourth-order valence-electron chi connectivity index (χ4n) is 2.85. The molecular weight excluding hydrogens is 366 g/mol. The minimum atomic E-state index is -0.846. The number of hydrazine groups is 1. The molecule has 2 aliphatic rings. The maximum absolute atomic E-state index is 12.2. The van der Waals surface area contributed by atoms with E-state index in [1.54, 1.807) is 43.9 Å². The molecule has 0 aliphatic carbocycles.